The van der Waals surface area contributed by atoms with E-state index < -0.39 is 29.3 Å². The summed E-state index contributed by atoms with van der Waals surface area (Å²) >= 11 is 5.86. The fourth-order valence-corrected chi connectivity index (χ4v) is 4.46. The lowest BCUT2D eigenvalue weighted by molar-refractivity contribution is -0.144. The first-order chi connectivity index (χ1) is 14.8. The molecule has 1 aliphatic rings. The zero-order valence-corrected chi connectivity index (χ0v) is 18.7. The number of carbonyl (C=O) groups excluding carboxylic acids is 1. The molecule has 0 heterocycles. The largest absolute Gasteiger partial charge is 0.494 e. The smallest absolute Gasteiger partial charge is 0.306 e. The number of aliphatic carboxylic acids is 2. The molecule has 1 aromatic carbocycles. The van der Waals surface area contributed by atoms with Crippen molar-refractivity contribution >= 4 is 29.4 Å². The molecule has 1 aromatic rings. The molecule has 172 valence electrons. The zero-order valence-electron chi connectivity index (χ0n) is 17.9. The van der Waals surface area contributed by atoms with Gasteiger partial charge >= 0.3 is 11.9 Å². The molecule has 1 saturated carbocycles. The molecule has 8 heteroatoms. The highest BCUT2D eigenvalue weighted by Crippen LogP contribution is 2.44. The first-order valence-electron chi connectivity index (χ1n) is 10.9. The Bertz CT molecular complexity index is 745. The Hall–Kier alpha value is -2.28. The minimum absolute atomic E-state index is 0.219. The lowest BCUT2D eigenvalue weighted by atomic mass is 9.75. The minimum atomic E-state index is -1.01. The Morgan fingerprint density at radius 1 is 1.13 bits per heavy atom. The topological polar surface area (TPSA) is 113 Å². The van der Waals surface area contributed by atoms with E-state index in [0.29, 0.717) is 42.9 Å². The van der Waals surface area contributed by atoms with Crippen molar-refractivity contribution in [2.24, 2.45) is 11.3 Å². The molecule has 3 N–H and O–H groups in total. The Labute approximate surface area is 188 Å². The van der Waals surface area contributed by atoms with Gasteiger partial charge in [0.25, 0.3) is 0 Å². The van der Waals surface area contributed by atoms with Crippen molar-refractivity contribution in [2.75, 3.05) is 6.61 Å². The highest BCUT2D eigenvalue weighted by atomic mass is 35.5. The quantitative estimate of drug-likeness (QED) is 0.404. The number of carboxylic acids is 2. The monoisotopic (exact) mass is 453 g/mol. The van der Waals surface area contributed by atoms with Crippen LogP contribution in [0.25, 0.3) is 0 Å². The molecular formula is C23H32ClNO6. The van der Waals surface area contributed by atoms with Crippen LogP contribution >= 0.6 is 11.6 Å². The molecule has 0 bridgehead atoms. The van der Waals surface area contributed by atoms with E-state index in [9.17, 15) is 24.6 Å². The summed E-state index contributed by atoms with van der Waals surface area (Å²) in [5.41, 5.74) is -0.744. The molecule has 0 aliphatic heterocycles. The van der Waals surface area contributed by atoms with Crippen molar-refractivity contribution in [2.45, 2.75) is 70.8 Å². The third kappa shape index (κ3) is 7.73. The summed E-state index contributed by atoms with van der Waals surface area (Å²) in [5, 5.41) is 22.3. The van der Waals surface area contributed by atoms with Crippen molar-refractivity contribution in [3.8, 4) is 5.75 Å². The molecule has 2 rings (SSSR count). The fraction of sp³-hybridized carbons (Fsp3) is 0.609. The highest BCUT2D eigenvalue weighted by molar-refractivity contribution is 6.30. The Kier molecular flexibility index (Phi) is 9.62. The first-order valence-corrected chi connectivity index (χ1v) is 11.3. The molecule has 0 aromatic heterocycles. The predicted molar refractivity (Wildman–Crippen MR) is 117 cm³/mol. The second-order valence-electron chi connectivity index (χ2n) is 8.37. The van der Waals surface area contributed by atoms with Crippen molar-refractivity contribution in [3.05, 3.63) is 29.3 Å². The summed E-state index contributed by atoms with van der Waals surface area (Å²) in [7, 11) is 0. The van der Waals surface area contributed by atoms with Gasteiger partial charge in [-0.3, -0.25) is 14.4 Å². The molecule has 1 fully saturated rings. The minimum Gasteiger partial charge on any atom is -0.494 e. The summed E-state index contributed by atoms with van der Waals surface area (Å²) < 4.78 is 5.65. The third-order valence-corrected chi connectivity index (χ3v) is 6.22. The van der Waals surface area contributed by atoms with Gasteiger partial charge in [-0.05, 0) is 49.9 Å². The van der Waals surface area contributed by atoms with E-state index in [4.69, 9.17) is 16.3 Å². The fourth-order valence-electron chi connectivity index (χ4n) is 4.33. The molecular weight excluding hydrogens is 422 g/mol. The van der Waals surface area contributed by atoms with Gasteiger partial charge in [0.1, 0.15) is 5.75 Å². The van der Waals surface area contributed by atoms with E-state index in [-0.39, 0.29) is 18.9 Å². The van der Waals surface area contributed by atoms with E-state index in [1.165, 1.54) is 0 Å². The number of carboxylic acid groups (broad SMARTS) is 2. The summed E-state index contributed by atoms with van der Waals surface area (Å²) in [6.45, 7) is 2.17. The van der Waals surface area contributed by atoms with Crippen LogP contribution in [0.5, 0.6) is 5.75 Å². The number of ether oxygens (including phenoxy) is 1. The number of amides is 1. The molecule has 1 aliphatic carbocycles. The number of halogens is 1. The van der Waals surface area contributed by atoms with Crippen molar-refractivity contribution in [3.63, 3.8) is 0 Å². The third-order valence-electron chi connectivity index (χ3n) is 5.97. The van der Waals surface area contributed by atoms with E-state index in [2.05, 4.69) is 5.32 Å². The Morgan fingerprint density at radius 3 is 2.32 bits per heavy atom. The SMILES string of the molecule is CCC[C@H](CC1(C(=O)N[C@@H](CCOc2ccc(Cl)cc2)CC(=O)O)CCCC1)C(=O)O. The van der Waals surface area contributed by atoms with Gasteiger partial charge in [-0.2, -0.15) is 0 Å². The van der Waals surface area contributed by atoms with Crippen molar-refractivity contribution in [1.29, 1.82) is 0 Å². The lowest BCUT2D eigenvalue weighted by Gasteiger charge is -2.32. The maximum absolute atomic E-state index is 13.2. The molecule has 1 amide bonds. The van der Waals surface area contributed by atoms with Crippen LogP contribution < -0.4 is 10.1 Å². The van der Waals surface area contributed by atoms with Crippen LogP contribution in [0.4, 0.5) is 0 Å². The van der Waals surface area contributed by atoms with Crippen molar-refractivity contribution in [1.82, 2.24) is 5.32 Å². The Balaban J connectivity index is 2.02. The number of rotatable bonds is 13. The van der Waals surface area contributed by atoms with Crippen LogP contribution in [0, 0.1) is 11.3 Å². The number of benzene rings is 1. The average molecular weight is 454 g/mol. The van der Waals surface area contributed by atoms with E-state index in [0.717, 1.165) is 19.3 Å². The zero-order chi connectivity index (χ0) is 22.9. The molecule has 2 atom stereocenters. The first kappa shape index (κ1) is 25.0. The van der Waals surface area contributed by atoms with Gasteiger partial charge < -0.3 is 20.3 Å². The van der Waals surface area contributed by atoms with Crippen LogP contribution in [0.15, 0.2) is 24.3 Å². The van der Waals surface area contributed by atoms with E-state index in [1.807, 2.05) is 6.92 Å². The summed E-state index contributed by atoms with van der Waals surface area (Å²) in [5.74, 6) is -2.07. The molecule has 0 spiro atoms. The van der Waals surface area contributed by atoms with Gasteiger partial charge in [-0.25, -0.2) is 0 Å². The summed E-state index contributed by atoms with van der Waals surface area (Å²) in [6, 6.07) is 6.25. The average Bonchev–Trinajstić information content (AvgIpc) is 3.18. The maximum atomic E-state index is 13.2. The Morgan fingerprint density at radius 2 is 1.77 bits per heavy atom. The highest BCUT2D eigenvalue weighted by Gasteiger charge is 2.44. The van der Waals surface area contributed by atoms with Crippen LogP contribution in [-0.4, -0.2) is 40.7 Å². The van der Waals surface area contributed by atoms with Gasteiger partial charge in [0.15, 0.2) is 0 Å². The van der Waals surface area contributed by atoms with Crippen LogP contribution in [-0.2, 0) is 14.4 Å². The van der Waals surface area contributed by atoms with Gasteiger partial charge in [0, 0.05) is 17.5 Å². The maximum Gasteiger partial charge on any atom is 0.306 e. The van der Waals surface area contributed by atoms with Gasteiger partial charge in [0.2, 0.25) is 5.91 Å². The molecule has 0 unspecified atom stereocenters. The number of hydrogen-bond donors (Lipinski definition) is 3. The summed E-state index contributed by atoms with van der Waals surface area (Å²) in [4.78, 5) is 36.2. The van der Waals surface area contributed by atoms with Crippen LogP contribution in [0.3, 0.4) is 0 Å². The second-order valence-corrected chi connectivity index (χ2v) is 8.81. The van der Waals surface area contributed by atoms with Crippen LogP contribution in [0.1, 0.15) is 64.7 Å². The summed E-state index contributed by atoms with van der Waals surface area (Å²) in [6.07, 6.45) is 4.67. The number of carbonyl (C=O) groups is 3. The van der Waals surface area contributed by atoms with Crippen molar-refractivity contribution < 1.29 is 29.3 Å². The normalized spacial score (nSPS) is 17.0. The number of hydrogen-bond acceptors (Lipinski definition) is 4. The van der Waals surface area contributed by atoms with Gasteiger partial charge in [0.05, 0.1) is 24.4 Å². The molecule has 0 radical (unpaired) electrons. The standard InChI is InChI=1S/C23H32ClNO6/c1-2-5-16(21(28)29)15-23(11-3-4-12-23)22(30)25-18(14-20(26)27)10-13-31-19-8-6-17(24)7-9-19/h6-9,16,18H,2-5,10-15H2,1H3,(H,25,30)(H,26,27)(H,28,29)/t16-,18+/m1/s1. The number of nitrogens with one attached hydrogen (secondary N) is 1. The lowest BCUT2D eigenvalue weighted by Crippen LogP contribution is -2.47. The van der Waals surface area contributed by atoms with E-state index in [1.54, 1.807) is 24.3 Å². The van der Waals surface area contributed by atoms with E-state index >= 15 is 0 Å². The van der Waals surface area contributed by atoms with Crippen LogP contribution in [0.2, 0.25) is 5.02 Å². The molecule has 7 nitrogen and oxygen atoms in total. The molecule has 0 saturated heterocycles. The van der Waals surface area contributed by atoms with Gasteiger partial charge in [-0.15, -0.1) is 0 Å². The second kappa shape index (κ2) is 11.9. The molecule has 31 heavy (non-hydrogen) atoms. The predicted octanol–water partition coefficient (Wildman–Crippen LogP) is 4.52. The van der Waals surface area contributed by atoms with Gasteiger partial charge in [-0.1, -0.05) is 37.8 Å².